The van der Waals surface area contributed by atoms with Gasteiger partial charge in [0.2, 0.25) is 0 Å². The van der Waals surface area contributed by atoms with Gasteiger partial charge in [0.1, 0.15) is 24.3 Å². The molecule has 3 aromatic carbocycles. The zero-order valence-corrected chi connectivity index (χ0v) is 21.0. The first-order valence-corrected chi connectivity index (χ1v) is 12.6. The average molecular weight is 506 g/mol. The number of hydrogen-bond donors (Lipinski definition) is 1. The molecule has 2 aliphatic rings. The standard InChI is InChI=1S/C29H32FN3O4/c1-32-12-14-33(15-13-32)18-23-16-22(21-6-9-24(30)10-7-21)8-11-26(23)36-20-29(34)31-17-25-19-35-27-4-2-3-5-28(27)37-25/h2-11,16,25H,12-15,17-20H2,1H3,(H,31,34)/t25-/m0/s1. The van der Waals surface area contributed by atoms with E-state index in [0.717, 1.165) is 42.9 Å². The fraction of sp³-hybridized carbons (Fsp3) is 0.345. The van der Waals surface area contributed by atoms with Crippen LogP contribution in [0.2, 0.25) is 0 Å². The Bertz CT molecular complexity index is 1210. The molecule has 194 valence electrons. The molecule has 1 saturated heterocycles. The van der Waals surface area contributed by atoms with Crippen LogP contribution in [0.15, 0.2) is 66.7 Å². The smallest absolute Gasteiger partial charge is 0.258 e. The SMILES string of the molecule is CN1CCN(Cc2cc(-c3ccc(F)cc3)ccc2OCC(=O)NC[C@H]2COc3ccccc3O2)CC1. The van der Waals surface area contributed by atoms with E-state index in [-0.39, 0.29) is 24.4 Å². The second-order valence-corrected chi connectivity index (χ2v) is 9.50. The maximum atomic E-state index is 13.4. The minimum absolute atomic E-state index is 0.101. The molecule has 5 rings (SSSR count). The quantitative estimate of drug-likeness (QED) is 0.505. The molecular formula is C29H32FN3O4. The Morgan fingerprint density at radius 1 is 1.00 bits per heavy atom. The Morgan fingerprint density at radius 2 is 1.73 bits per heavy atom. The summed E-state index contributed by atoms with van der Waals surface area (Å²) < 4.78 is 31.0. The van der Waals surface area contributed by atoms with E-state index in [9.17, 15) is 9.18 Å². The third-order valence-corrected chi connectivity index (χ3v) is 6.68. The number of nitrogens with zero attached hydrogens (tertiary/aromatic N) is 2. The van der Waals surface area contributed by atoms with E-state index in [1.807, 2.05) is 36.4 Å². The lowest BCUT2D eigenvalue weighted by atomic mass is 10.0. The van der Waals surface area contributed by atoms with Crippen LogP contribution in [0.1, 0.15) is 5.56 Å². The first kappa shape index (κ1) is 25.0. The van der Waals surface area contributed by atoms with Gasteiger partial charge in [-0.05, 0) is 54.6 Å². The molecule has 0 spiro atoms. The van der Waals surface area contributed by atoms with Crippen molar-refractivity contribution in [2.24, 2.45) is 0 Å². The number of likely N-dealkylation sites (N-methyl/N-ethyl adjacent to an activating group) is 1. The number of rotatable bonds is 8. The van der Waals surface area contributed by atoms with Crippen LogP contribution in [0.4, 0.5) is 4.39 Å². The Labute approximate surface area is 216 Å². The molecule has 3 aromatic rings. The molecule has 1 N–H and O–H groups in total. The minimum Gasteiger partial charge on any atom is -0.486 e. The maximum absolute atomic E-state index is 13.4. The van der Waals surface area contributed by atoms with Gasteiger partial charge in [-0.15, -0.1) is 0 Å². The second kappa shape index (κ2) is 11.6. The van der Waals surface area contributed by atoms with E-state index < -0.39 is 0 Å². The van der Waals surface area contributed by atoms with Crippen LogP contribution in [-0.4, -0.2) is 74.8 Å². The molecule has 0 bridgehead atoms. The van der Waals surface area contributed by atoms with Gasteiger partial charge in [-0.1, -0.05) is 30.3 Å². The number of benzene rings is 3. The number of carbonyl (C=O) groups is 1. The van der Waals surface area contributed by atoms with Crippen LogP contribution in [0.25, 0.3) is 11.1 Å². The summed E-state index contributed by atoms with van der Waals surface area (Å²) in [5.41, 5.74) is 2.91. The van der Waals surface area contributed by atoms with Crippen molar-refractivity contribution in [3.05, 3.63) is 78.1 Å². The summed E-state index contributed by atoms with van der Waals surface area (Å²) in [5.74, 6) is 1.58. The number of piperazine rings is 1. The number of nitrogens with one attached hydrogen (secondary N) is 1. The zero-order valence-electron chi connectivity index (χ0n) is 21.0. The lowest BCUT2D eigenvalue weighted by molar-refractivity contribution is -0.123. The second-order valence-electron chi connectivity index (χ2n) is 9.50. The lowest BCUT2D eigenvalue weighted by Crippen LogP contribution is -2.44. The molecule has 0 aromatic heterocycles. The Morgan fingerprint density at radius 3 is 2.51 bits per heavy atom. The summed E-state index contributed by atoms with van der Waals surface area (Å²) in [6, 6.07) is 19.9. The van der Waals surface area contributed by atoms with E-state index in [1.54, 1.807) is 12.1 Å². The number of fused-ring (bicyclic) bond motifs is 1. The maximum Gasteiger partial charge on any atom is 0.258 e. The van der Waals surface area contributed by atoms with E-state index in [0.29, 0.717) is 36.9 Å². The zero-order chi connectivity index (χ0) is 25.6. The van der Waals surface area contributed by atoms with Gasteiger partial charge in [-0.2, -0.15) is 0 Å². The normalized spacial score (nSPS) is 17.8. The third-order valence-electron chi connectivity index (χ3n) is 6.68. The molecule has 0 unspecified atom stereocenters. The Balaban J connectivity index is 1.21. The van der Waals surface area contributed by atoms with Crippen molar-refractivity contribution in [1.29, 1.82) is 0 Å². The largest absolute Gasteiger partial charge is 0.486 e. The van der Waals surface area contributed by atoms with Crippen molar-refractivity contribution < 1.29 is 23.4 Å². The number of hydrogen-bond acceptors (Lipinski definition) is 6. The Kier molecular flexibility index (Phi) is 7.87. The monoisotopic (exact) mass is 505 g/mol. The molecule has 1 amide bonds. The van der Waals surface area contributed by atoms with Gasteiger partial charge in [-0.25, -0.2) is 4.39 Å². The molecule has 8 heteroatoms. The predicted octanol–water partition coefficient (Wildman–Crippen LogP) is 3.58. The van der Waals surface area contributed by atoms with E-state index >= 15 is 0 Å². The van der Waals surface area contributed by atoms with Crippen LogP contribution in [0, 0.1) is 5.82 Å². The molecule has 0 aliphatic carbocycles. The molecular weight excluding hydrogens is 473 g/mol. The van der Waals surface area contributed by atoms with Gasteiger partial charge >= 0.3 is 0 Å². The van der Waals surface area contributed by atoms with Gasteiger partial charge in [0, 0.05) is 38.3 Å². The summed E-state index contributed by atoms with van der Waals surface area (Å²) in [5, 5.41) is 2.88. The summed E-state index contributed by atoms with van der Waals surface area (Å²) >= 11 is 0. The molecule has 2 aliphatic heterocycles. The number of halogens is 1. The van der Waals surface area contributed by atoms with E-state index in [4.69, 9.17) is 14.2 Å². The summed E-state index contributed by atoms with van der Waals surface area (Å²) in [4.78, 5) is 17.3. The summed E-state index contributed by atoms with van der Waals surface area (Å²) in [7, 11) is 2.13. The van der Waals surface area contributed by atoms with Crippen molar-refractivity contribution in [3.63, 3.8) is 0 Å². The molecule has 0 radical (unpaired) electrons. The molecule has 37 heavy (non-hydrogen) atoms. The first-order chi connectivity index (χ1) is 18.0. The van der Waals surface area contributed by atoms with Crippen LogP contribution < -0.4 is 19.5 Å². The van der Waals surface area contributed by atoms with Crippen molar-refractivity contribution in [1.82, 2.24) is 15.1 Å². The van der Waals surface area contributed by atoms with Crippen LogP contribution in [0.5, 0.6) is 17.2 Å². The van der Waals surface area contributed by atoms with Crippen LogP contribution in [-0.2, 0) is 11.3 Å². The number of para-hydroxylation sites is 2. The molecule has 1 fully saturated rings. The van der Waals surface area contributed by atoms with Gasteiger partial charge < -0.3 is 24.4 Å². The van der Waals surface area contributed by atoms with Crippen molar-refractivity contribution in [2.75, 3.05) is 53.0 Å². The fourth-order valence-electron chi connectivity index (χ4n) is 4.50. The highest BCUT2D eigenvalue weighted by Crippen LogP contribution is 2.31. The third kappa shape index (κ3) is 6.58. The fourth-order valence-corrected chi connectivity index (χ4v) is 4.50. The highest BCUT2D eigenvalue weighted by atomic mass is 19.1. The number of amides is 1. The van der Waals surface area contributed by atoms with Gasteiger partial charge in [0.05, 0.1) is 6.54 Å². The van der Waals surface area contributed by atoms with E-state index in [2.05, 4.69) is 28.2 Å². The highest BCUT2D eigenvalue weighted by molar-refractivity contribution is 5.77. The minimum atomic E-state index is -0.262. The molecule has 0 saturated carbocycles. The van der Waals surface area contributed by atoms with Gasteiger partial charge in [-0.3, -0.25) is 9.69 Å². The van der Waals surface area contributed by atoms with Crippen molar-refractivity contribution in [2.45, 2.75) is 12.6 Å². The summed E-state index contributed by atoms with van der Waals surface area (Å²) in [6.07, 6.45) is -0.262. The Hall–Kier alpha value is -3.62. The van der Waals surface area contributed by atoms with Crippen LogP contribution in [0.3, 0.4) is 0 Å². The van der Waals surface area contributed by atoms with Crippen molar-refractivity contribution >= 4 is 5.91 Å². The van der Waals surface area contributed by atoms with Crippen LogP contribution >= 0.6 is 0 Å². The average Bonchev–Trinajstić information content (AvgIpc) is 2.92. The summed E-state index contributed by atoms with van der Waals surface area (Å²) in [6.45, 7) is 5.25. The number of carbonyl (C=O) groups excluding carboxylic acids is 1. The van der Waals surface area contributed by atoms with Crippen molar-refractivity contribution in [3.8, 4) is 28.4 Å². The number of ether oxygens (including phenoxy) is 3. The predicted molar refractivity (Wildman–Crippen MR) is 139 cm³/mol. The molecule has 2 heterocycles. The molecule has 7 nitrogen and oxygen atoms in total. The van der Waals surface area contributed by atoms with Gasteiger partial charge in [0.15, 0.2) is 18.1 Å². The molecule has 1 atom stereocenters. The highest BCUT2D eigenvalue weighted by Gasteiger charge is 2.21. The topological polar surface area (TPSA) is 63.3 Å². The van der Waals surface area contributed by atoms with Gasteiger partial charge in [0.25, 0.3) is 5.91 Å². The van der Waals surface area contributed by atoms with E-state index in [1.165, 1.54) is 12.1 Å². The first-order valence-electron chi connectivity index (χ1n) is 12.6. The lowest BCUT2D eigenvalue weighted by Gasteiger charge is -2.32.